The van der Waals surface area contributed by atoms with E-state index < -0.39 is 77.5 Å². The summed E-state index contributed by atoms with van der Waals surface area (Å²) in [6.45, 7) is 6.93. The van der Waals surface area contributed by atoms with E-state index >= 15 is 0 Å². The van der Waals surface area contributed by atoms with Gasteiger partial charge < -0.3 is 38.6 Å². The van der Waals surface area contributed by atoms with Crippen molar-refractivity contribution < 1.29 is 48.0 Å². The Morgan fingerprint density at radius 1 is 1.28 bits per heavy atom. The van der Waals surface area contributed by atoms with Gasteiger partial charge in [-0.15, -0.1) is 0 Å². The minimum absolute atomic E-state index is 0.0788. The number of halogens is 1. The molecule has 15 heteroatoms. The number of ether oxygens (including phenoxy) is 5. The van der Waals surface area contributed by atoms with E-state index in [4.69, 9.17) is 35.3 Å². The second-order valence-electron chi connectivity index (χ2n) is 13.8. The fourth-order valence-corrected chi connectivity index (χ4v) is 8.27. The highest BCUT2D eigenvalue weighted by Crippen LogP contribution is 2.64. The Morgan fingerprint density at radius 2 is 1.98 bits per heavy atom. The van der Waals surface area contributed by atoms with Gasteiger partial charge in [-0.1, -0.05) is 42.3 Å². The highest BCUT2D eigenvalue weighted by atomic mass is 35.5. The van der Waals surface area contributed by atoms with Crippen molar-refractivity contribution in [3.8, 4) is 5.75 Å². The number of benzene rings is 1. The monoisotopic (exact) mass is 735 g/mol. The highest BCUT2D eigenvalue weighted by molar-refractivity contribution is 7.80. The molecule has 4 aliphatic rings. The summed E-state index contributed by atoms with van der Waals surface area (Å²) in [6, 6.07) is 2.46. The number of allylic oxidation sites excluding steroid dienone is 3. The number of likely N-dealkylation sites (N-methyl/N-ethyl adjacent to an activating group) is 1. The van der Waals surface area contributed by atoms with Gasteiger partial charge in [0.1, 0.15) is 34.6 Å². The quantitative estimate of drug-likeness (QED) is 0.216. The number of rotatable bonds is 7. The molecule has 13 nitrogen and oxygen atoms in total. The molecule has 2 unspecified atom stereocenters. The van der Waals surface area contributed by atoms with Crippen LogP contribution in [0.25, 0.3) is 0 Å². The van der Waals surface area contributed by atoms with Crippen LogP contribution in [-0.4, -0.2) is 109 Å². The molecular weight excluding hydrogens is 690 g/mol. The van der Waals surface area contributed by atoms with Crippen LogP contribution in [-0.2, 0) is 39.8 Å². The molecule has 50 heavy (non-hydrogen) atoms. The van der Waals surface area contributed by atoms with Gasteiger partial charge in [-0.05, 0) is 50.6 Å². The van der Waals surface area contributed by atoms with Crippen molar-refractivity contribution in [3.63, 3.8) is 0 Å². The standard InChI is InChI=1S/C35H46ClN3O10S/c1-18-10-9-11-24(46-8)35(44)29-28(47-32(43)37-35)19(2)30-33(4,48-30)34(29,49-31(42)20(3)38(5)25(40)12-13-50)17-26(41)39(6)22-15-21(14-18)16-23(45-7)27(22)36/h9-11,15-16,19-20,24,28-30,44,50H,12-14,17H2,1-8H3,(H,37,43)/b11-9+,18-10+/t19-,20+,24-,28?,29?,30+,33-,34-,35-/m1/s1. The van der Waals surface area contributed by atoms with Gasteiger partial charge in [0.25, 0.3) is 0 Å². The third-order valence-corrected chi connectivity index (χ3v) is 11.4. The molecule has 1 aromatic rings. The predicted octanol–water partition coefficient (Wildman–Crippen LogP) is 3.44. The van der Waals surface area contributed by atoms with Crippen LogP contribution in [0.2, 0.25) is 5.02 Å². The molecule has 1 aliphatic carbocycles. The summed E-state index contributed by atoms with van der Waals surface area (Å²) in [5.41, 5.74) is -3.58. The van der Waals surface area contributed by atoms with Crippen LogP contribution >= 0.6 is 24.2 Å². The lowest BCUT2D eigenvalue weighted by molar-refractivity contribution is -0.265. The van der Waals surface area contributed by atoms with Gasteiger partial charge in [0.2, 0.25) is 11.8 Å². The number of nitrogens with one attached hydrogen (secondary N) is 1. The van der Waals surface area contributed by atoms with Crippen molar-refractivity contribution >= 4 is 53.8 Å². The number of methoxy groups -OCH3 is 2. The third-order valence-electron chi connectivity index (χ3n) is 10.8. The summed E-state index contributed by atoms with van der Waals surface area (Å²) in [7, 11) is 5.86. The van der Waals surface area contributed by atoms with Gasteiger partial charge in [-0.2, -0.15) is 12.6 Å². The Morgan fingerprint density at radius 3 is 2.62 bits per heavy atom. The van der Waals surface area contributed by atoms with E-state index in [0.717, 1.165) is 11.1 Å². The summed E-state index contributed by atoms with van der Waals surface area (Å²) in [5, 5.41) is 15.6. The van der Waals surface area contributed by atoms with Crippen LogP contribution in [0.5, 0.6) is 5.75 Å². The van der Waals surface area contributed by atoms with Gasteiger partial charge in [0.15, 0.2) is 11.3 Å². The molecule has 2 N–H and O–H groups in total. The average molecular weight is 736 g/mol. The van der Waals surface area contributed by atoms with Gasteiger partial charge in [0.05, 0.1) is 31.2 Å². The lowest BCUT2D eigenvalue weighted by atomic mass is 9.57. The molecule has 1 aromatic carbocycles. The second kappa shape index (κ2) is 14.0. The number of fused-ring (bicyclic) bond motifs is 4. The third kappa shape index (κ3) is 6.27. The number of carbonyl (C=O) groups excluding carboxylic acids is 4. The Bertz CT molecular complexity index is 1620. The van der Waals surface area contributed by atoms with Crippen LogP contribution in [0.15, 0.2) is 35.9 Å². The normalized spacial score (nSPS) is 35.7. The number of esters is 1. The maximum atomic E-state index is 14.7. The first-order chi connectivity index (χ1) is 23.5. The number of hydrogen-bond donors (Lipinski definition) is 3. The molecule has 3 aliphatic heterocycles. The second-order valence-corrected chi connectivity index (χ2v) is 14.6. The topological polar surface area (TPSA) is 156 Å². The Balaban J connectivity index is 1.76. The largest absolute Gasteiger partial charge is 0.495 e. The fourth-order valence-electron chi connectivity index (χ4n) is 7.77. The number of amides is 3. The Kier molecular flexibility index (Phi) is 10.6. The molecule has 2 bridgehead atoms. The molecule has 274 valence electrons. The maximum Gasteiger partial charge on any atom is 0.409 e. The summed E-state index contributed by atoms with van der Waals surface area (Å²) < 4.78 is 30.1. The van der Waals surface area contributed by atoms with Crippen LogP contribution in [0, 0.1) is 11.8 Å². The van der Waals surface area contributed by atoms with Crippen LogP contribution < -0.4 is 15.0 Å². The van der Waals surface area contributed by atoms with Crippen LogP contribution in [0.1, 0.15) is 46.1 Å². The van der Waals surface area contributed by atoms with Crippen molar-refractivity contribution in [1.82, 2.24) is 10.2 Å². The summed E-state index contributed by atoms with van der Waals surface area (Å²) in [4.78, 5) is 57.5. The summed E-state index contributed by atoms with van der Waals surface area (Å²) in [6.07, 6.45) is 1.23. The number of thiol groups is 1. The number of nitrogens with zero attached hydrogens (tertiary/aromatic N) is 2. The smallest absolute Gasteiger partial charge is 0.409 e. The van der Waals surface area contributed by atoms with Gasteiger partial charge >= 0.3 is 12.1 Å². The Labute approximate surface area is 302 Å². The van der Waals surface area contributed by atoms with Crippen molar-refractivity contribution in [2.75, 3.05) is 39.0 Å². The van der Waals surface area contributed by atoms with E-state index in [9.17, 15) is 24.3 Å². The van der Waals surface area contributed by atoms with Crippen molar-refractivity contribution in [2.45, 2.75) is 88.2 Å². The first kappa shape index (κ1) is 37.9. The minimum Gasteiger partial charge on any atom is -0.495 e. The molecule has 3 heterocycles. The SMILES string of the molecule is COc1cc2cc(c1Cl)N(C)C(=O)C[C@@]1(OC(=O)[C@H](C)N(C)C(=O)CCS)C3C(OC(=O)N[C@@]3(O)[C@H](OC)/C=C/C=C(\C)C2)[C@@H](C)[C@@H]2O[C@]21C. The molecule has 5 rings (SSSR count). The molecule has 3 amide bonds. The van der Waals surface area contributed by atoms with Crippen LogP contribution in [0.4, 0.5) is 10.5 Å². The molecule has 1 saturated carbocycles. The lowest BCUT2D eigenvalue weighted by Crippen LogP contribution is -2.79. The molecule has 0 radical (unpaired) electrons. The first-order valence-electron chi connectivity index (χ1n) is 16.5. The molecule has 0 spiro atoms. The minimum atomic E-state index is -2.30. The number of hydrogen-bond acceptors (Lipinski definition) is 11. The van der Waals surface area contributed by atoms with Crippen molar-refractivity contribution in [2.24, 2.45) is 11.8 Å². The average Bonchev–Trinajstić information content (AvgIpc) is 3.78. The van der Waals surface area contributed by atoms with E-state index in [1.54, 1.807) is 31.2 Å². The summed E-state index contributed by atoms with van der Waals surface area (Å²) in [5.74, 6) is -2.97. The molecule has 2 saturated heterocycles. The number of aliphatic hydroxyl groups is 1. The number of epoxide rings is 1. The molecule has 0 aromatic heterocycles. The molecule has 3 fully saturated rings. The van der Waals surface area contributed by atoms with E-state index in [0.29, 0.717) is 17.9 Å². The maximum absolute atomic E-state index is 14.7. The van der Waals surface area contributed by atoms with Gasteiger partial charge in [-0.25, -0.2) is 9.59 Å². The number of alkyl carbamates (subject to hydrolysis) is 1. The zero-order valence-corrected chi connectivity index (χ0v) is 31.2. The number of carbonyl (C=O) groups is 4. The zero-order valence-electron chi connectivity index (χ0n) is 29.5. The van der Waals surface area contributed by atoms with Crippen molar-refractivity contribution in [1.29, 1.82) is 0 Å². The van der Waals surface area contributed by atoms with Gasteiger partial charge in [-0.3, -0.25) is 14.9 Å². The van der Waals surface area contributed by atoms with E-state index in [1.165, 1.54) is 45.0 Å². The lowest BCUT2D eigenvalue weighted by Gasteiger charge is -2.58. The first-order valence-corrected chi connectivity index (χ1v) is 17.5. The molecular formula is C35H46ClN3O10S. The van der Waals surface area contributed by atoms with E-state index in [1.807, 2.05) is 19.9 Å². The van der Waals surface area contributed by atoms with E-state index in [-0.39, 0.29) is 23.1 Å². The number of anilines is 1. The predicted molar refractivity (Wildman–Crippen MR) is 187 cm³/mol. The van der Waals surface area contributed by atoms with E-state index in [2.05, 4.69) is 17.9 Å². The van der Waals surface area contributed by atoms with Crippen LogP contribution in [0.3, 0.4) is 0 Å². The summed E-state index contributed by atoms with van der Waals surface area (Å²) >= 11 is 10.9. The van der Waals surface area contributed by atoms with Gasteiger partial charge in [0, 0.05) is 33.5 Å². The highest BCUT2D eigenvalue weighted by Gasteiger charge is 2.83. The Hall–Kier alpha value is -3.30. The van der Waals surface area contributed by atoms with Crippen molar-refractivity contribution in [3.05, 3.63) is 46.5 Å². The fraction of sp³-hybridized carbons (Fsp3) is 0.600. The zero-order chi connectivity index (χ0) is 36.9. The molecule has 9 atom stereocenters.